The normalized spacial score (nSPS) is 22.0. The number of benzene rings is 1. The highest BCUT2D eigenvalue weighted by Gasteiger charge is 2.31. The number of amides is 3. The molecule has 0 bridgehead atoms. The molecule has 3 amide bonds. The SMILES string of the molecule is C[C@@H]1[C@@H](C)N(C(=O)Nc2ccccc2SCC(N)=O)CCN1C. The van der Waals surface area contributed by atoms with E-state index in [4.69, 9.17) is 5.73 Å². The number of nitrogens with zero attached hydrogens (tertiary/aromatic N) is 2. The molecule has 126 valence electrons. The van der Waals surface area contributed by atoms with E-state index in [9.17, 15) is 9.59 Å². The van der Waals surface area contributed by atoms with Gasteiger partial charge in [-0.05, 0) is 33.0 Å². The second kappa shape index (κ2) is 7.70. The van der Waals surface area contributed by atoms with E-state index in [0.717, 1.165) is 11.4 Å². The number of thioether (sulfide) groups is 1. The summed E-state index contributed by atoms with van der Waals surface area (Å²) in [5, 5.41) is 2.97. The number of likely N-dealkylation sites (N-methyl/N-ethyl adjacent to an activating group) is 1. The number of hydrogen-bond acceptors (Lipinski definition) is 4. The van der Waals surface area contributed by atoms with Gasteiger partial charge >= 0.3 is 6.03 Å². The van der Waals surface area contributed by atoms with E-state index in [2.05, 4.69) is 31.1 Å². The Morgan fingerprint density at radius 2 is 1.96 bits per heavy atom. The van der Waals surface area contributed by atoms with Crippen LogP contribution in [0, 0.1) is 0 Å². The average molecular weight is 336 g/mol. The van der Waals surface area contributed by atoms with Crippen LogP contribution in [0.1, 0.15) is 13.8 Å². The van der Waals surface area contributed by atoms with Crippen molar-refractivity contribution in [2.75, 3.05) is 31.2 Å². The second-order valence-corrected chi connectivity index (χ2v) is 6.85. The lowest BCUT2D eigenvalue weighted by atomic mass is 10.1. The summed E-state index contributed by atoms with van der Waals surface area (Å²) in [7, 11) is 2.08. The van der Waals surface area contributed by atoms with E-state index in [-0.39, 0.29) is 23.7 Å². The van der Waals surface area contributed by atoms with Crippen molar-refractivity contribution < 1.29 is 9.59 Å². The molecule has 0 aromatic heterocycles. The lowest BCUT2D eigenvalue weighted by Crippen LogP contribution is -2.58. The van der Waals surface area contributed by atoms with Crippen LogP contribution in [0.25, 0.3) is 0 Å². The minimum absolute atomic E-state index is 0.107. The van der Waals surface area contributed by atoms with Crippen molar-refractivity contribution in [3.8, 4) is 0 Å². The van der Waals surface area contributed by atoms with E-state index in [1.54, 1.807) is 0 Å². The van der Waals surface area contributed by atoms with Crippen LogP contribution in [0.4, 0.5) is 10.5 Å². The van der Waals surface area contributed by atoms with Gasteiger partial charge in [0, 0.05) is 30.1 Å². The van der Waals surface area contributed by atoms with Gasteiger partial charge in [0.15, 0.2) is 0 Å². The molecule has 23 heavy (non-hydrogen) atoms. The molecule has 0 spiro atoms. The Balaban J connectivity index is 2.07. The van der Waals surface area contributed by atoms with Gasteiger partial charge in [-0.1, -0.05) is 12.1 Å². The number of carbonyl (C=O) groups is 2. The molecule has 3 N–H and O–H groups in total. The van der Waals surface area contributed by atoms with Crippen LogP contribution < -0.4 is 11.1 Å². The third kappa shape index (κ3) is 4.39. The standard InChI is InChI=1S/C16H24N4O2S/c1-11-12(2)20(9-8-19(11)3)16(22)18-13-6-4-5-7-14(13)23-10-15(17)21/h4-7,11-12H,8-10H2,1-3H3,(H2,17,21)(H,18,22)/t11-,12-/m1/s1. The van der Waals surface area contributed by atoms with Crippen LogP contribution in [-0.2, 0) is 4.79 Å². The maximum Gasteiger partial charge on any atom is 0.322 e. The second-order valence-electron chi connectivity index (χ2n) is 5.84. The lowest BCUT2D eigenvalue weighted by molar-refractivity contribution is -0.115. The van der Waals surface area contributed by atoms with E-state index in [1.807, 2.05) is 29.2 Å². The Morgan fingerprint density at radius 1 is 1.26 bits per heavy atom. The van der Waals surface area contributed by atoms with Gasteiger partial charge < -0.3 is 16.0 Å². The van der Waals surface area contributed by atoms with Crippen LogP contribution in [0.3, 0.4) is 0 Å². The number of carbonyl (C=O) groups excluding carboxylic acids is 2. The van der Waals surface area contributed by atoms with E-state index in [1.165, 1.54) is 11.8 Å². The largest absolute Gasteiger partial charge is 0.369 e. The van der Waals surface area contributed by atoms with Crippen LogP contribution >= 0.6 is 11.8 Å². The number of nitrogens with two attached hydrogens (primary N) is 1. The third-order valence-corrected chi connectivity index (χ3v) is 5.43. The molecule has 1 aliphatic rings. The first-order valence-corrected chi connectivity index (χ1v) is 8.66. The Bertz CT molecular complexity index is 581. The Kier molecular flexibility index (Phi) is 5.90. The lowest BCUT2D eigenvalue weighted by Gasteiger charge is -2.43. The average Bonchev–Trinajstić information content (AvgIpc) is 2.51. The zero-order valence-corrected chi connectivity index (χ0v) is 14.6. The number of hydrogen-bond donors (Lipinski definition) is 2. The van der Waals surface area contributed by atoms with E-state index in [0.29, 0.717) is 18.3 Å². The van der Waals surface area contributed by atoms with Gasteiger partial charge in [-0.2, -0.15) is 0 Å². The van der Waals surface area contributed by atoms with Gasteiger partial charge in [-0.15, -0.1) is 11.8 Å². The summed E-state index contributed by atoms with van der Waals surface area (Å²) < 4.78 is 0. The van der Waals surface area contributed by atoms with Crippen molar-refractivity contribution in [1.82, 2.24) is 9.80 Å². The molecule has 1 aromatic carbocycles. The van der Waals surface area contributed by atoms with Gasteiger partial charge in [0.05, 0.1) is 11.4 Å². The van der Waals surface area contributed by atoms with Crippen molar-refractivity contribution in [3.63, 3.8) is 0 Å². The van der Waals surface area contributed by atoms with Crippen molar-refractivity contribution in [1.29, 1.82) is 0 Å². The van der Waals surface area contributed by atoms with Gasteiger partial charge in [0.2, 0.25) is 5.91 Å². The number of urea groups is 1. The predicted octanol–water partition coefficient (Wildman–Crippen LogP) is 1.82. The first kappa shape index (κ1) is 17.6. The fourth-order valence-corrected chi connectivity index (χ4v) is 3.37. The summed E-state index contributed by atoms with van der Waals surface area (Å²) in [6, 6.07) is 7.79. The summed E-state index contributed by atoms with van der Waals surface area (Å²) in [6.45, 7) is 5.75. The summed E-state index contributed by atoms with van der Waals surface area (Å²) in [6.07, 6.45) is 0. The molecule has 6 nitrogen and oxygen atoms in total. The highest BCUT2D eigenvalue weighted by molar-refractivity contribution is 8.00. The fourth-order valence-electron chi connectivity index (χ4n) is 2.62. The molecule has 0 unspecified atom stereocenters. The number of para-hydroxylation sites is 1. The number of rotatable bonds is 4. The topological polar surface area (TPSA) is 78.7 Å². The minimum Gasteiger partial charge on any atom is -0.369 e. The maximum absolute atomic E-state index is 12.6. The maximum atomic E-state index is 12.6. The zero-order chi connectivity index (χ0) is 17.0. The number of piperazine rings is 1. The molecular weight excluding hydrogens is 312 g/mol. The highest BCUT2D eigenvalue weighted by Crippen LogP contribution is 2.27. The predicted molar refractivity (Wildman–Crippen MR) is 93.6 cm³/mol. The number of primary amides is 1. The summed E-state index contributed by atoms with van der Waals surface area (Å²) in [5.74, 6) is -0.188. The minimum atomic E-state index is -0.377. The van der Waals surface area contributed by atoms with Crippen molar-refractivity contribution in [3.05, 3.63) is 24.3 Å². The molecule has 0 saturated carbocycles. The zero-order valence-electron chi connectivity index (χ0n) is 13.8. The smallest absolute Gasteiger partial charge is 0.322 e. The quantitative estimate of drug-likeness (QED) is 0.822. The molecule has 2 atom stereocenters. The Morgan fingerprint density at radius 3 is 2.65 bits per heavy atom. The number of nitrogens with one attached hydrogen (secondary N) is 1. The van der Waals surface area contributed by atoms with Crippen LogP contribution in [0.5, 0.6) is 0 Å². The molecule has 1 aromatic rings. The molecule has 2 rings (SSSR count). The summed E-state index contributed by atoms with van der Waals surface area (Å²) in [4.78, 5) is 28.5. The molecule has 1 saturated heterocycles. The summed E-state index contributed by atoms with van der Waals surface area (Å²) in [5.41, 5.74) is 5.91. The number of anilines is 1. The van der Waals surface area contributed by atoms with E-state index >= 15 is 0 Å². The van der Waals surface area contributed by atoms with Gasteiger partial charge in [0.1, 0.15) is 0 Å². The molecule has 1 fully saturated rings. The monoisotopic (exact) mass is 336 g/mol. The molecule has 0 radical (unpaired) electrons. The first-order chi connectivity index (χ1) is 10.9. The van der Waals surface area contributed by atoms with Gasteiger partial charge in [-0.3, -0.25) is 9.69 Å². The Labute approximate surface area is 141 Å². The van der Waals surface area contributed by atoms with Crippen molar-refractivity contribution in [2.24, 2.45) is 5.73 Å². The molecule has 7 heteroatoms. The Hall–Kier alpha value is -1.73. The fraction of sp³-hybridized carbons (Fsp3) is 0.500. The van der Waals surface area contributed by atoms with Gasteiger partial charge in [0.25, 0.3) is 0 Å². The molecule has 1 heterocycles. The van der Waals surface area contributed by atoms with E-state index < -0.39 is 0 Å². The third-order valence-electron chi connectivity index (χ3n) is 4.34. The van der Waals surface area contributed by atoms with Crippen LogP contribution in [0.15, 0.2) is 29.2 Å². The van der Waals surface area contributed by atoms with Crippen molar-refractivity contribution >= 4 is 29.4 Å². The van der Waals surface area contributed by atoms with Gasteiger partial charge in [-0.25, -0.2) is 4.79 Å². The molecule has 1 aliphatic heterocycles. The van der Waals surface area contributed by atoms with Crippen LogP contribution in [-0.4, -0.2) is 59.7 Å². The molecular formula is C16H24N4O2S. The van der Waals surface area contributed by atoms with Crippen molar-refractivity contribution in [2.45, 2.75) is 30.8 Å². The summed E-state index contributed by atoms with van der Waals surface area (Å²) >= 11 is 1.33. The molecule has 0 aliphatic carbocycles. The van der Waals surface area contributed by atoms with Crippen LogP contribution in [0.2, 0.25) is 0 Å². The highest BCUT2D eigenvalue weighted by atomic mass is 32.2. The first-order valence-electron chi connectivity index (χ1n) is 7.68.